The Labute approximate surface area is 106 Å². The van der Waals surface area contributed by atoms with Gasteiger partial charge in [0, 0.05) is 30.0 Å². The zero-order chi connectivity index (χ0) is 12.1. The van der Waals surface area contributed by atoms with E-state index in [0.29, 0.717) is 22.9 Å². The van der Waals surface area contributed by atoms with Gasteiger partial charge in [0.25, 0.3) is 0 Å². The van der Waals surface area contributed by atoms with Gasteiger partial charge in [0.2, 0.25) is 0 Å². The molecule has 0 fully saturated rings. The van der Waals surface area contributed by atoms with E-state index in [2.05, 4.69) is 0 Å². The second-order valence-corrected chi connectivity index (χ2v) is 4.55. The average Bonchev–Trinajstić information content (AvgIpc) is 2.23. The summed E-state index contributed by atoms with van der Waals surface area (Å²) >= 11 is 11.8. The molecule has 0 aliphatic carbocycles. The normalized spacial score (nSPS) is 12.5. The van der Waals surface area contributed by atoms with Crippen LogP contribution in [0.25, 0.3) is 0 Å². The zero-order valence-electron chi connectivity index (χ0n) is 9.30. The number of rotatable bonds is 5. The molecule has 1 aromatic carbocycles. The monoisotopic (exact) mass is 260 g/mol. The predicted octanol–water partition coefficient (Wildman–Crippen LogP) is 3.53. The summed E-state index contributed by atoms with van der Waals surface area (Å²) in [7, 11) is 1.59. The summed E-state index contributed by atoms with van der Waals surface area (Å²) in [6.45, 7) is 1.86. The number of carbonyl (C=O) groups excluding carboxylic acids is 1. The van der Waals surface area contributed by atoms with Crippen molar-refractivity contribution in [3.05, 3.63) is 33.8 Å². The van der Waals surface area contributed by atoms with Crippen LogP contribution in [0.5, 0.6) is 0 Å². The Morgan fingerprint density at radius 2 is 2.12 bits per heavy atom. The van der Waals surface area contributed by atoms with Crippen molar-refractivity contribution < 1.29 is 9.53 Å². The molecule has 0 saturated heterocycles. The van der Waals surface area contributed by atoms with Crippen LogP contribution in [0, 0.1) is 0 Å². The van der Waals surface area contributed by atoms with Gasteiger partial charge in [0.15, 0.2) is 0 Å². The predicted molar refractivity (Wildman–Crippen MR) is 66.3 cm³/mol. The van der Waals surface area contributed by atoms with Crippen LogP contribution in [-0.4, -0.2) is 19.0 Å². The first-order chi connectivity index (χ1) is 7.52. The molecule has 0 radical (unpaired) electrons. The summed E-state index contributed by atoms with van der Waals surface area (Å²) in [5, 5.41) is 1.16. The van der Waals surface area contributed by atoms with Crippen LogP contribution < -0.4 is 0 Å². The van der Waals surface area contributed by atoms with E-state index in [-0.39, 0.29) is 11.9 Å². The molecule has 1 atom stereocenters. The third-order valence-corrected chi connectivity index (χ3v) is 2.92. The molecule has 16 heavy (non-hydrogen) atoms. The van der Waals surface area contributed by atoms with Gasteiger partial charge < -0.3 is 4.74 Å². The van der Waals surface area contributed by atoms with Crippen molar-refractivity contribution in [3.63, 3.8) is 0 Å². The number of ether oxygens (including phenoxy) is 1. The number of hydrogen-bond donors (Lipinski definition) is 0. The van der Waals surface area contributed by atoms with Gasteiger partial charge in [-0.05, 0) is 30.7 Å². The van der Waals surface area contributed by atoms with Crippen LogP contribution >= 0.6 is 23.2 Å². The third kappa shape index (κ3) is 4.12. The summed E-state index contributed by atoms with van der Waals surface area (Å²) < 4.78 is 5.03. The molecule has 0 amide bonds. The first-order valence-corrected chi connectivity index (χ1v) is 5.77. The fraction of sp³-hybridized carbons (Fsp3) is 0.417. The lowest BCUT2D eigenvalue weighted by molar-refractivity contribution is -0.120. The maximum absolute atomic E-state index is 11.7. The van der Waals surface area contributed by atoms with Crippen molar-refractivity contribution in [3.8, 4) is 0 Å². The van der Waals surface area contributed by atoms with Crippen molar-refractivity contribution in [1.82, 2.24) is 0 Å². The SMILES string of the molecule is COC(C)CC(=O)Cc1cc(Cl)ccc1Cl. The van der Waals surface area contributed by atoms with Crippen LogP contribution in [0.4, 0.5) is 0 Å². The second kappa shape index (κ2) is 6.24. The fourth-order valence-electron chi connectivity index (χ4n) is 1.37. The number of carbonyl (C=O) groups is 1. The lowest BCUT2D eigenvalue weighted by Crippen LogP contribution is -2.14. The largest absolute Gasteiger partial charge is 0.381 e. The molecule has 0 aromatic heterocycles. The first kappa shape index (κ1) is 13.5. The quantitative estimate of drug-likeness (QED) is 0.810. The molecule has 88 valence electrons. The van der Waals surface area contributed by atoms with Crippen LogP contribution in [0.1, 0.15) is 18.9 Å². The molecule has 4 heteroatoms. The highest BCUT2D eigenvalue weighted by molar-refractivity contribution is 6.33. The highest BCUT2D eigenvalue weighted by Gasteiger charge is 2.11. The van der Waals surface area contributed by atoms with Gasteiger partial charge in [0.05, 0.1) is 6.10 Å². The van der Waals surface area contributed by atoms with Gasteiger partial charge in [-0.3, -0.25) is 4.79 Å². The van der Waals surface area contributed by atoms with Gasteiger partial charge in [-0.2, -0.15) is 0 Å². The number of methoxy groups -OCH3 is 1. The molecule has 0 N–H and O–H groups in total. The molecule has 0 saturated carbocycles. The standard InChI is InChI=1S/C12H14Cl2O2/c1-8(16-2)5-11(15)7-9-6-10(13)3-4-12(9)14/h3-4,6,8H,5,7H2,1-2H3. The molecular formula is C12H14Cl2O2. The lowest BCUT2D eigenvalue weighted by atomic mass is 10.1. The Morgan fingerprint density at radius 3 is 2.75 bits per heavy atom. The van der Waals surface area contributed by atoms with Gasteiger partial charge in [-0.15, -0.1) is 0 Å². The topological polar surface area (TPSA) is 26.3 Å². The van der Waals surface area contributed by atoms with E-state index in [1.165, 1.54) is 0 Å². The molecule has 2 nitrogen and oxygen atoms in total. The van der Waals surface area contributed by atoms with Crippen LogP contribution in [0.2, 0.25) is 10.0 Å². The summed E-state index contributed by atoms with van der Waals surface area (Å²) in [5.41, 5.74) is 0.766. The highest BCUT2D eigenvalue weighted by atomic mass is 35.5. The van der Waals surface area contributed by atoms with Crippen molar-refractivity contribution in [1.29, 1.82) is 0 Å². The molecule has 0 heterocycles. The van der Waals surface area contributed by atoms with E-state index in [4.69, 9.17) is 27.9 Å². The molecule has 1 rings (SSSR count). The van der Waals surface area contributed by atoms with Gasteiger partial charge in [0.1, 0.15) is 5.78 Å². The maximum Gasteiger partial charge on any atom is 0.139 e. The Morgan fingerprint density at radius 1 is 1.44 bits per heavy atom. The molecule has 0 aliphatic heterocycles. The Hall–Kier alpha value is -0.570. The molecular weight excluding hydrogens is 247 g/mol. The fourth-order valence-corrected chi connectivity index (χ4v) is 1.75. The smallest absolute Gasteiger partial charge is 0.139 e. The minimum atomic E-state index is -0.0644. The summed E-state index contributed by atoms with van der Waals surface area (Å²) in [6.07, 6.45) is 0.623. The molecule has 1 unspecified atom stereocenters. The van der Waals surface area contributed by atoms with Crippen molar-refractivity contribution in [2.75, 3.05) is 7.11 Å². The number of halogens is 2. The van der Waals surface area contributed by atoms with E-state index in [1.807, 2.05) is 6.92 Å². The summed E-state index contributed by atoms with van der Waals surface area (Å²) in [4.78, 5) is 11.7. The maximum atomic E-state index is 11.7. The lowest BCUT2D eigenvalue weighted by Gasteiger charge is -2.09. The number of Topliss-reactive ketones (excluding diaryl/α,β-unsaturated/α-hetero) is 1. The Balaban J connectivity index is 2.65. The Bertz CT molecular complexity index is 377. The van der Waals surface area contributed by atoms with Gasteiger partial charge >= 0.3 is 0 Å². The van der Waals surface area contributed by atoms with Crippen LogP contribution in [0.3, 0.4) is 0 Å². The van der Waals surface area contributed by atoms with Crippen LogP contribution in [-0.2, 0) is 16.0 Å². The molecule has 1 aromatic rings. The van der Waals surface area contributed by atoms with E-state index in [9.17, 15) is 4.79 Å². The number of ketones is 1. The minimum absolute atomic E-state index is 0.0644. The van der Waals surface area contributed by atoms with Crippen molar-refractivity contribution >= 4 is 29.0 Å². The Kier molecular flexibility index (Phi) is 5.26. The van der Waals surface area contributed by atoms with Gasteiger partial charge in [-0.25, -0.2) is 0 Å². The molecule has 0 aliphatic rings. The van der Waals surface area contributed by atoms with E-state index in [0.717, 1.165) is 5.56 Å². The number of hydrogen-bond acceptors (Lipinski definition) is 2. The van der Waals surface area contributed by atoms with Crippen LogP contribution in [0.15, 0.2) is 18.2 Å². The molecule has 0 spiro atoms. The summed E-state index contributed by atoms with van der Waals surface area (Å²) in [5.74, 6) is 0.0958. The van der Waals surface area contributed by atoms with Gasteiger partial charge in [-0.1, -0.05) is 23.2 Å². The first-order valence-electron chi connectivity index (χ1n) is 5.01. The van der Waals surface area contributed by atoms with E-state index < -0.39 is 0 Å². The zero-order valence-corrected chi connectivity index (χ0v) is 10.8. The molecule has 0 bridgehead atoms. The third-order valence-electron chi connectivity index (χ3n) is 2.31. The van der Waals surface area contributed by atoms with Crippen molar-refractivity contribution in [2.24, 2.45) is 0 Å². The van der Waals surface area contributed by atoms with E-state index >= 15 is 0 Å². The van der Waals surface area contributed by atoms with Crippen molar-refractivity contribution in [2.45, 2.75) is 25.9 Å². The second-order valence-electron chi connectivity index (χ2n) is 3.70. The van der Waals surface area contributed by atoms with E-state index in [1.54, 1.807) is 25.3 Å². The summed E-state index contributed by atoms with van der Waals surface area (Å²) in [6, 6.07) is 5.13. The average molecular weight is 261 g/mol. The number of benzene rings is 1. The minimum Gasteiger partial charge on any atom is -0.381 e. The highest BCUT2D eigenvalue weighted by Crippen LogP contribution is 2.21.